The van der Waals surface area contributed by atoms with E-state index in [2.05, 4.69) is 33.8 Å². The fraction of sp³-hybridized carbons (Fsp3) is 0.574. The van der Waals surface area contributed by atoms with Gasteiger partial charge in [0.25, 0.3) is 0 Å². The van der Waals surface area contributed by atoms with Gasteiger partial charge in [-0.15, -0.1) is 0 Å². The van der Waals surface area contributed by atoms with E-state index in [9.17, 15) is 19.5 Å². The van der Waals surface area contributed by atoms with Crippen LogP contribution in [-0.2, 0) is 39.7 Å². The molecule has 4 bridgehead atoms. The van der Waals surface area contributed by atoms with Gasteiger partial charge in [0.05, 0.1) is 35.2 Å². The molecule has 3 aliphatic heterocycles. The molecule has 3 aliphatic carbocycles. The van der Waals surface area contributed by atoms with E-state index in [1.54, 1.807) is 37.3 Å². The van der Waals surface area contributed by atoms with Gasteiger partial charge in [0, 0.05) is 42.3 Å². The number of aliphatic hydroxyl groups is 1. The van der Waals surface area contributed by atoms with E-state index in [0.29, 0.717) is 72.9 Å². The fourth-order valence-electron chi connectivity index (χ4n) is 12.6. The second-order valence-electron chi connectivity index (χ2n) is 23.0. The topological polar surface area (TPSA) is 172 Å². The van der Waals surface area contributed by atoms with Crippen molar-refractivity contribution in [2.24, 2.45) is 28.6 Å². The third-order valence-electron chi connectivity index (χ3n) is 15.7. The Morgan fingerprint density at radius 3 is 2.24 bits per heavy atom. The van der Waals surface area contributed by atoms with E-state index in [4.69, 9.17) is 42.6 Å². The molecule has 6 aliphatic rings. The lowest BCUT2D eigenvalue weighted by Gasteiger charge is -2.43. The highest BCUT2D eigenvalue weighted by Crippen LogP contribution is 2.77. The minimum atomic E-state index is -1.49. The number of carbonyl (C=O) groups is 4. The summed E-state index contributed by atoms with van der Waals surface area (Å²) in [6.45, 7) is 27.8. The van der Waals surface area contributed by atoms with Crippen LogP contribution >= 0.6 is 0 Å². The molecule has 5 unspecified atom stereocenters. The molecule has 75 heavy (non-hydrogen) atoms. The van der Waals surface area contributed by atoms with E-state index < -0.39 is 88.1 Å². The summed E-state index contributed by atoms with van der Waals surface area (Å²) in [5, 5.41) is 10.5. The number of carbonyl (C=O) groups excluding carboxylic acids is 4. The van der Waals surface area contributed by atoms with Gasteiger partial charge in [0.1, 0.15) is 34.5 Å². The highest BCUT2D eigenvalue weighted by atomic mass is 16.8. The standard InChI is InChI=1S/C61H78O14/c1-15-18-30-69-53(64)36(8)31-41-46-52(63)60(14)33-42-47(62)45-49(72-54(65)37-22-24-38(25-23-37)70-55-51(68-17-3)43(67-16-2)32-44(71-55)73-58(11,12)66)40-27-29-59(13,28-19-20-34(4)5)74-48(40)39(26-21-35(6)7)50(45)75-61(42,46)56(60)57(41,9)10/h20-25,27,29,31,33,41,43-44,46,51,55-56,66H,15-19,26,28,30,32H2,1-14H3/b36-31-/t41?,43-,44-,46?,51-,55-,56?,59?,60+,61?/m1/s1. The molecule has 1 N–H and O–H groups in total. The van der Waals surface area contributed by atoms with Crippen molar-refractivity contribution in [3.63, 3.8) is 0 Å². The van der Waals surface area contributed by atoms with Crippen molar-refractivity contribution < 1.29 is 66.9 Å². The highest BCUT2D eigenvalue weighted by Gasteiger charge is 2.84. The van der Waals surface area contributed by atoms with Crippen LogP contribution in [-0.4, -0.2) is 90.2 Å². The van der Waals surface area contributed by atoms with Crippen LogP contribution in [0.1, 0.15) is 161 Å². The minimum absolute atomic E-state index is 0.0161. The number of unbranched alkanes of at least 4 members (excludes halogenated alkanes) is 1. The summed E-state index contributed by atoms with van der Waals surface area (Å²) in [6, 6.07) is 6.34. The maximum atomic E-state index is 15.9. The Balaban J connectivity index is 1.21. The lowest BCUT2D eigenvalue weighted by molar-refractivity contribution is -0.352. The monoisotopic (exact) mass is 1030 g/mol. The average molecular weight is 1040 g/mol. The van der Waals surface area contributed by atoms with Crippen molar-refractivity contribution in [1.82, 2.24) is 0 Å². The highest BCUT2D eigenvalue weighted by molar-refractivity contribution is 6.20. The van der Waals surface area contributed by atoms with Gasteiger partial charge in [0.15, 0.2) is 35.0 Å². The molecule has 406 valence electrons. The number of fused-ring (bicyclic) bond motifs is 2. The molecule has 1 saturated heterocycles. The number of hydrogen-bond acceptors (Lipinski definition) is 14. The third kappa shape index (κ3) is 10.3. The summed E-state index contributed by atoms with van der Waals surface area (Å²) in [7, 11) is 0. The Hall–Kier alpha value is -5.38. The lowest BCUT2D eigenvalue weighted by atomic mass is 9.58. The maximum absolute atomic E-state index is 15.9. The van der Waals surface area contributed by atoms with Crippen LogP contribution in [0.15, 0.2) is 76.9 Å². The third-order valence-corrected chi connectivity index (χ3v) is 15.7. The van der Waals surface area contributed by atoms with Crippen LogP contribution in [0.25, 0.3) is 6.08 Å². The van der Waals surface area contributed by atoms with Crippen molar-refractivity contribution in [3.05, 3.63) is 99.2 Å². The first-order valence-corrected chi connectivity index (χ1v) is 26.9. The van der Waals surface area contributed by atoms with Crippen molar-refractivity contribution >= 4 is 29.6 Å². The van der Waals surface area contributed by atoms with E-state index in [1.165, 1.54) is 19.4 Å². The predicted octanol–water partition coefficient (Wildman–Crippen LogP) is 11.4. The lowest BCUT2D eigenvalue weighted by Crippen LogP contribution is -2.54. The molecule has 1 spiro atoms. The molecule has 3 heterocycles. The molecule has 10 atom stereocenters. The average Bonchev–Trinajstić information content (AvgIpc) is 3.84. The maximum Gasteiger partial charge on any atom is 0.343 e. The Morgan fingerprint density at radius 1 is 0.907 bits per heavy atom. The zero-order valence-corrected chi connectivity index (χ0v) is 46.4. The summed E-state index contributed by atoms with van der Waals surface area (Å²) < 4.78 is 57.2. The summed E-state index contributed by atoms with van der Waals surface area (Å²) in [4.78, 5) is 58.9. The van der Waals surface area contributed by atoms with E-state index in [-0.39, 0.29) is 28.4 Å². The zero-order chi connectivity index (χ0) is 54.6. The molecular weight excluding hydrogens is 957 g/mol. The molecule has 14 nitrogen and oxygen atoms in total. The second kappa shape index (κ2) is 21.2. The quantitative estimate of drug-likeness (QED) is 0.0332. The SMILES string of the molecule is CCCCOC(=O)/C(C)=C\C1C2C(=O)[C@]3(C)C=C4C(=O)c5c(OC(=O)c6ccc(O[C@@H]7O[C@H](OC(C)(C)O)C[C@@H](OCC)[C@H]7OCC)cc6)c6c(c(CC=C(C)C)c5OC42C3C1(C)C)OC(C)(CCC=C(C)C)C=C6. The van der Waals surface area contributed by atoms with Gasteiger partial charge in [-0.2, -0.15) is 0 Å². The fourth-order valence-corrected chi connectivity index (χ4v) is 12.6. The van der Waals surface area contributed by atoms with E-state index >= 15 is 4.79 Å². The first kappa shape index (κ1) is 55.8. The second-order valence-corrected chi connectivity index (χ2v) is 23.0. The molecule has 0 radical (unpaired) electrons. The molecule has 0 aromatic heterocycles. The summed E-state index contributed by atoms with van der Waals surface area (Å²) in [5.41, 5.74) is 0.290. The number of rotatable bonds is 20. The number of hydrogen-bond donors (Lipinski definition) is 1. The number of Topliss-reactive ketones (excluding diaryl/α,β-unsaturated/α-hetero) is 2. The number of ketones is 2. The van der Waals surface area contributed by atoms with Crippen molar-refractivity contribution in [1.29, 1.82) is 0 Å². The Morgan fingerprint density at radius 2 is 1.60 bits per heavy atom. The van der Waals surface area contributed by atoms with Crippen LogP contribution in [0.2, 0.25) is 0 Å². The number of ether oxygens (including phenoxy) is 9. The first-order chi connectivity index (χ1) is 35.3. The molecular formula is C61H78O14. The van der Waals surface area contributed by atoms with Crippen molar-refractivity contribution in [2.45, 2.75) is 177 Å². The van der Waals surface area contributed by atoms with Gasteiger partial charge in [-0.05, 0) is 150 Å². The molecule has 8 rings (SSSR count). The van der Waals surface area contributed by atoms with Gasteiger partial charge < -0.3 is 47.7 Å². The number of benzene rings is 2. The Labute approximate surface area is 442 Å². The molecule has 14 heteroatoms. The normalized spacial score (nSPS) is 29.8. The molecule has 3 fully saturated rings. The summed E-state index contributed by atoms with van der Waals surface area (Å²) in [5.74, 6) is -3.97. The van der Waals surface area contributed by atoms with Gasteiger partial charge in [-0.3, -0.25) is 9.59 Å². The van der Waals surface area contributed by atoms with Crippen molar-refractivity contribution in [2.75, 3.05) is 19.8 Å². The van der Waals surface area contributed by atoms with Gasteiger partial charge in [-0.1, -0.05) is 62.6 Å². The van der Waals surface area contributed by atoms with Gasteiger partial charge >= 0.3 is 11.9 Å². The Kier molecular flexibility index (Phi) is 15.8. The predicted molar refractivity (Wildman–Crippen MR) is 283 cm³/mol. The van der Waals surface area contributed by atoms with Gasteiger partial charge in [0.2, 0.25) is 6.29 Å². The molecule has 0 amide bonds. The van der Waals surface area contributed by atoms with Crippen LogP contribution < -0.4 is 18.9 Å². The van der Waals surface area contributed by atoms with Crippen LogP contribution in [0.4, 0.5) is 0 Å². The van der Waals surface area contributed by atoms with Crippen LogP contribution in [0, 0.1) is 28.6 Å². The zero-order valence-electron chi connectivity index (χ0n) is 46.4. The minimum Gasteiger partial charge on any atom is -0.482 e. The summed E-state index contributed by atoms with van der Waals surface area (Å²) in [6.07, 6.45) is 12.3. The summed E-state index contributed by atoms with van der Waals surface area (Å²) >= 11 is 0. The van der Waals surface area contributed by atoms with Crippen LogP contribution in [0.5, 0.6) is 23.0 Å². The molecule has 2 aromatic rings. The first-order valence-electron chi connectivity index (χ1n) is 26.9. The van der Waals surface area contributed by atoms with E-state index in [1.807, 2.05) is 72.8 Å². The smallest absolute Gasteiger partial charge is 0.343 e. The van der Waals surface area contributed by atoms with Crippen molar-refractivity contribution in [3.8, 4) is 23.0 Å². The Bertz CT molecular complexity index is 2730. The van der Waals surface area contributed by atoms with Gasteiger partial charge in [-0.25, -0.2) is 9.59 Å². The largest absolute Gasteiger partial charge is 0.482 e. The number of allylic oxidation sites excluding steroid dienone is 6. The molecule has 2 aromatic carbocycles. The van der Waals surface area contributed by atoms with E-state index in [0.717, 1.165) is 24.8 Å². The number of esters is 2. The molecule has 2 saturated carbocycles. The van der Waals surface area contributed by atoms with Crippen LogP contribution in [0.3, 0.4) is 0 Å².